The highest BCUT2D eigenvalue weighted by atomic mass is 16.2. The van der Waals surface area contributed by atoms with E-state index < -0.39 is 59.7 Å². The Kier molecular flexibility index (Phi) is 13.5. The van der Waals surface area contributed by atoms with Gasteiger partial charge in [-0.2, -0.15) is 0 Å². The van der Waals surface area contributed by atoms with Crippen LogP contribution in [-0.4, -0.2) is 59.7 Å². The minimum atomic E-state index is -1.04. The third-order valence-corrected chi connectivity index (χ3v) is 7.32. The molecule has 1 aliphatic rings. The zero-order valence-electron chi connectivity index (χ0n) is 27.0. The van der Waals surface area contributed by atoms with Gasteiger partial charge in [0.2, 0.25) is 29.5 Å². The molecular formula is C32H52N6O5. The maximum Gasteiger partial charge on any atom is 0.243 e. The van der Waals surface area contributed by atoms with Crippen molar-refractivity contribution in [3.63, 3.8) is 0 Å². The van der Waals surface area contributed by atoms with Gasteiger partial charge in [0.1, 0.15) is 30.2 Å². The molecule has 1 aromatic rings. The lowest BCUT2D eigenvalue weighted by Gasteiger charge is -2.28. The zero-order valence-corrected chi connectivity index (χ0v) is 27.0. The van der Waals surface area contributed by atoms with Gasteiger partial charge < -0.3 is 32.3 Å². The lowest BCUT2D eigenvalue weighted by Crippen LogP contribution is -2.59. The molecule has 7 N–H and O–H groups in total. The summed E-state index contributed by atoms with van der Waals surface area (Å²) in [5, 5.41) is 14.2. The maximum absolute atomic E-state index is 13.8. The van der Waals surface area contributed by atoms with Gasteiger partial charge in [-0.1, -0.05) is 67.5 Å². The molecule has 11 nitrogen and oxygen atoms in total. The van der Waals surface area contributed by atoms with Crippen LogP contribution < -0.4 is 32.3 Å². The van der Waals surface area contributed by atoms with Crippen molar-refractivity contribution in [3.8, 4) is 0 Å². The Balaban J connectivity index is 2.60. The molecule has 11 heteroatoms. The van der Waals surface area contributed by atoms with Crippen molar-refractivity contribution in [1.82, 2.24) is 26.6 Å². The number of anilines is 1. The Morgan fingerprint density at radius 2 is 0.884 bits per heavy atom. The third kappa shape index (κ3) is 11.5. The van der Waals surface area contributed by atoms with E-state index in [4.69, 9.17) is 5.73 Å². The van der Waals surface area contributed by atoms with E-state index in [1.165, 1.54) is 0 Å². The van der Waals surface area contributed by atoms with Gasteiger partial charge in [0.05, 0.1) is 0 Å². The molecule has 0 aromatic heterocycles. The summed E-state index contributed by atoms with van der Waals surface area (Å²) in [7, 11) is 0. The van der Waals surface area contributed by atoms with Gasteiger partial charge in [-0.15, -0.1) is 0 Å². The fraction of sp³-hybridized carbons (Fsp3) is 0.656. The van der Waals surface area contributed by atoms with Crippen LogP contribution >= 0.6 is 0 Å². The van der Waals surface area contributed by atoms with Crippen LogP contribution in [0.2, 0.25) is 0 Å². The van der Waals surface area contributed by atoms with Crippen molar-refractivity contribution in [2.75, 3.05) is 5.73 Å². The lowest BCUT2D eigenvalue weighted by molar-refractivity contribution is -0.135. The van der Waals surface area contributed by atoms with Crippen LogP contribution in [0.5, 0.6) is 0 Å². The van der Waals surface area contributed by atoms with E-state index in [2.05, 4.69) is 26.6 Å². The normalized spacial score (nSPS) is 24.7. The van der Waals surface area contributed by atoms with Crippen LogP contribution in [0.1, 0.15) is 80.2 Å². The number of carbonyl (C=O) groups is 5. The van der Waals surface area contributed by atoms with E-state index in [1.54, 1.807) is 38.1 Å². The summed E-state index contributed by atoms with van der Waals surface area (Å²) in [5.74, 6) is -2.72. The monoisotopic (exact) mass is 600 g/mol. The first-order valence-electron chi connectivity index (χ1n) is 15.4. The standard InChI is InChI=1S/C32H52N6O5/c1-17(2)13-23-28(39)35-25(15-19(5)6)31(42)38-27(20(7)8)32(43)37-24(14-18(3)4)29(40)36-26(30(41)34-23)16-21-9-11-22(33)12-10-21/h9-12,17-20,23-27H,13-16,33H2,1-8H3,(H,34,41)(H,35,39)(H,36,40)(H,37,43)(H,38,42)/t23-,24+,25+,26-,27-/m1/s1. The molecule has 1 heterocycles. The van der Waals surface area contributed by atoms with Gasteiger partial charge in [0.25, 0.3) is 0 Å². The number of hydrogen-bond donors (Lipinski definition) is 6. The highest BCUT2D eigenvalue weighted by Crippen LogP contribution is 2.14. The first-order chi connectivity index (χ1) is 20.1. The van der Waals surface area contributed by atoms with Gasteiger partial charge in [-0.05, 0) is 60.6 Å². The summed E-state index contributed by atoms with van der Waals surface area (Å²) in [5.41, 5.74) is 7.16. The largest absolute Gasteiger partial charge is 0.399 e. The predicted molar refractivity (Wildman–Crippen MR) is 167 cm³/mol. The van der Waals surface area contributed by atoms with Gasteiger partial charge in [-0.3, -0.25) is 24.0 Å². The van der Waals surface area contributed by atoms with Crippen molar-refractivity contribution in [2.45, 2.75) is 111 Å². The van der Waals surface area contributed by atoms with Crippen molar-refractivity contribution < 1.29 is 24.0 Å². The maximum atomic E-state index is 13.8. The number of carbonyl (C=O) groups excluding carboxylic acids is 5. The number of amides is 5. The number of nitrogen functional groups attached to an aromatic ring is 1. The molecule has 0 unspecified atom stereocenters. The Morgan fingerprint density at radius 3 is 1.28 bits per heavy atom. The molecule has 0 radical (unpaired) electrons. The number of benzene rings is 1. The van der Waals surface area contributed by atoms with Gasteiger partial charge >= 0.3 is 0 Å². The van der Waals surface area contributed by atoms with E-state index >= 15 is 0 Å². The molecule has 1 fully saturated rings. The lowest BCUT2D eigenvalue weighted by atomic mass is 9.98. The molecule has 240 valence electrons. The minimum Gasteiger partial charge on any atom is -0.399 e. The highest BCUT2D eigenvalue weighted by Gasteiger charge is 2.36. The van der Waals surface area contributed by atoms with Crippen LogP contribution in [0.25, 0.3) is 0 Å². The molecule has 2 rings (SSSR count). The summed E-state index contributed by atoms with van der Waals surface area (Å²) < 4.78 is 0. The average Bonchev–Trinajstić information content (AvgIpc) is 2.89. The highest BCUT2D eigenvalue weighted by molar-refractivity contribution is 5.98. The minimum absolute atomic E-state index is 0.0438. The summed E-state index contributed by atoms with van der Waals surface area (Å²) in [6, 6.07) is 2.18. The van der Waals surface area contributed by atoms with E-state index in [0.717, 1.165) is 5.56 Å². The molecule has 0 spiro atoms. The first kappa shape index (κ1) is 35.6. The van der Waals surface area contributed by atoms with Gasteiger partial charge in [-0.25, -0.2) is 0 Å². The number of nitrogens with two attached hydrogens (primary N) is 1. The van der Waals surface area contributed by atoms with E-state index in [1.807, 2.05) is 41.5 Å². The molecule has 0 saturated carbocycles. The van der Waals surface area contributed by atoms with Crippen LogP contribution in [0.15, 0.2) is 24.3 Å². The first-order valence-corrected chi connectivity index (χ1v) is 15.4. The number of nitrogens with one attached hydrogen (secondary N) is 5. The predicted octanol–water partition coefficient (Wildman–Crippen LogP) is 2.04. The topological polar surface area (TPSA) is 172 Å². The SMILES string of the molecule is CC(C)C[C@@H]1NC(=O)[C@@H](CC(C)C)NC(=O)[C@@H](Cc2ccc(N)cc2)NC(=O)[C@H](CC(C)C)NC(=O)[C@@H](C(C)C)NC1=O. The number of rotatable bonds is 9. The Morgan fingerprint density at radius 1 is 0.535 bits per heavy atom. The molecule has 0 aliphatic carbocycles. The van der Waals surface area contributed by atoms with Crippen molar-refractivity contribution in [2.24, 2.45) is 23.7 Å². The van der Waals surface area contributed by atoms with Crippen molar-refractivity contribution in [1.29, 1.82) is 0 Å². The van der Waals surface area contributed by atoms with Crippen molar-refractivity contribution in [3.05, 3.63) is 29.8 Å². The van der Waals surface area contributed by atoms with Gasteiger partial charge in [0, 0.05) is 12.1 Å². The number of hydrogen-bond acceptors (Lipinski definition) is 6. The average molecular weight is 601 g/mol. The van der Waals surface area contributed by atoms with E-state index in [0.29, 0.717) is 24.9 Å². The molecule has 1 saturated heterocycles. The Hall–Kier alpha value is -3.63. The summed E-state index contributed by atoms with van der Waals surface area (Å²) in [6.45, 7) is 15.2. The molecule has 5 amide bonds. The third-order valence-electron chi connectivity index (χ3n) is 7.32. The van der Waals surface area contributed by atoms with Gasteiger partial charge in [0.15, 0.2) is 0 Å². The van der Waals surface area contributed by atoms with Crippen LogP contribution in [-0.2, 0) is 30.4 Å². The smallest absolute Gasteiger partial charge is 0.243 e. The Labute approximate surface area is 256 Å². The summed E-state index contributed by atoms with van der Waals surface area (Å²) in [4.78, 5) is 68.1. The fourth-order valence-electron chi connectivity index (χ4n) is 5.07. The second kappa shape index (κ2) is 16.3. The molecule has 1 aromatic carbocycles. The second-order valence-corrected chi connectivity index (χ2v) is 13.3. The second-order valence-electron chi connectivity index (χ2n) is 13.3. The van der Waals surface area contributed by atoms with Crippen molar-refractivity contribution >= 4 is 35.2 Å². The Bertz CT molecular complexity index is 1120. The van der Waals surface area contributed by atoms with Crippen LogP contribution in [0.3, 0.4) is 0 Å². The van der Waals surface area contributed by atoms with E-state index in [-0.39, 0.29) is 30.1 Å². The van der Waals surface area contributed by atoms with E-state index in [9.17, 15) is 24.0 Å². The fourth-order valence-corrected chi connectivity index (χ4v) is 5.07. The summed E-state index contributed by atoms with van der Waals surface area (Å²) in [6.07, 6.45) is 1.11. The summed E-state index contributed by atoms with van der Waals surface area (Å²) >= 11 is 0. The molecule has 5 atom stereocenters. The quantitative estimate of drug-likeness (QED) is 0.237. The molecule has 43 heavy (non-hydrogen) atoms. The van der Waals surface area contributed by atoms with Crippen LogP contribution in [0, 0.1) is 23.7 Å². The molecule has 1 aliphatic heterocycles. The molecule has 0 bridgehead atoms. The molecular weight excluding hydrogens is 548 g/mol. The zero-order chi connectivity index (χ0) is 32.4. The van der Waals surface area contributed by atoms with Crippen LogP contribution in [0.4, 0.5) is 5.69 Å².